The molecule has 0 radical (unpaired) electrons. The zero-order chi connectivity index (χ0) is 17.7. The highest BCUT2D eigenvalue weighted by Gasteiger charge is 2.34. The average molecular weight is 353 g/mol. The van der Waals surface area contributed by atoms with Gasteiger partial charge in [-0.25, -0.2) is 8.42 Å². The second kappa shape index (κ2) is 8.09. The largest absolute Gasteiger partial charge is 0.351 e. The van der Waals surface area contributed by atoms with Gasteiger partial charge in [-0.1, -0.05) is 30.7 Å². The van der Waals surface area contributed by atoms with Crippen molar-refractivity contribution in [3.63, 3.8) is 0 Å². The van der Waals surface area contributed by atoms with Gasteiger partial charge in [0, 0.05) is 19.6 Å². The van der Waals surface area contributed by atoms with Crippen LogP contribution in [0.3, 0.4) is 0 Å². The van der Waals surface area contributed by atoms with Crippen molar-refractivity contribution in [1.29, 1.82) is 0 Å². The summed E-state index contributed by atoms with van der Waals surface area (Å²) in [6.07, 6.45) is 3.44. The molecule has 24 heavy (non-hydrogen) atoms. The van der Waals surface area contributed by atoms with Crippen molar-refractivity contribution >= 4 is 15.9 Å². The molecule has 1 aromatic carbocycles. The fourth-order valence-electron chi connectivity index (χ4n) is 3.00. The number of nitrogens with one attached hydrogen (secondary N) is 1. The first kappa shape index (κ1) is 18.9. The van der Waals surface area contributed by atoms with E-state index in [1.54, 1.807) is 0 Å². The molecule has 1 aliphatic rings. The quantitative estimate of drug-likeness (QED) is 0.834. The Morgan fingerprint density at radius 3 is 2.42 bits per heavy atom. The van der Waals surface area contributed by atoms with Gasteiger partial charge in [0.15, 0.2) is 0 Å². The molecule has 0 bridgehead atoms. The van der Waals surface area contributed by atoms with Crippen molar-refractivity contribution in [2.75, 3.05) is 26.9 Å². The van der Waals surface area contributed by atoms with Gasteiger partial charge in [0.25, 0.3) is 0 Å². The molecule has 1 unspecified atom stereocenters. The van der Waals surface area contributed by atoms with E-state index in [1.807, 2.05) is 38.4 Å². The number of rotatable bonds is 6. The molecule has 0 spiro atoms. The maximum Gasteiger partial charge on any atom is 0.238 e. The zero-order valence-corrected chi connectivity index (χ0v) is 15.5. The lowest BCUT2D eigenvalue weighted by molar-refractivity contribution is -0.125. The predicted octanol–water partition coefficient (Wildman–Crippen LogP) is 1.18. The Morgan fingerprint density at radius 2 is 1.83 bits per heavy atom. The van der Waals surface area contributed by atoms with Gasteiger partial charge in [0.05, 0.1) is 6.26 Å². The Morgan fingerprint density at radius 1 is 1.21 bits per heavy atom. The average Bonchev–Trinajstić information content (AvgIpc) is 2.52. The van der Waals surface area contributed by atoms with Crippen molar-refractivity contribution in [1.82, 2.24) is 14.5 Å². The van der Waals surface area contributed by atoms with E-state index >= 15 is 0 Å². The summed E-state index contributed by atoms with van der Waals surface area (Å²) in [7, 11) is 0.687. The monoisotopic (exact) mass is 353 g/mol. The van der Waals surface area contributed by atoms with Crippen molar-refractivity contribution < 1.29 is 13.2 Å². The van der Waals surface area contributed by atoms with Crippen molar-refractivity contribution in [3.05, 3.63) is 35.4 Å². The second-order valence-electron chi connectivity index (χ2n) is 6.66. The summed E-state index contributed by atoms with van der Waals surface area (Å²) >= 11 is 0. The van der Waals surface area contributed by atoms with Gasteiger partial charge < -0.3 is 10.2 Å². The number of carbonyl (C=O) groups is 1. The van der Waals surface area contributed by atoms with E-state index in [-0.39, 0.29) is 5.91 Å². The van der Waals surface area contributed by atoms with Crippen LogP contribution in [0.5, 0.6) is 0 Å². The highest BCUT2D eigenvalue weighted by atomic mass is 32.2. The SMILES string of the molecule is CN(C)Cc1ccc(CNC(=O)C2CCCCN2S(C)(=O)=O)cc1. The van der Waals surface area contributed by atoms with E-state index in [2.05, 4.69) is 10.2 Å². The lowest BCUT2D eigenvalue weighted by Crippen LogP contribution is -2.51. The number of benzene rings is 1. The Balaban J connectivity index is 1.94. The van der Waals surface area contributed by atoms with Crippen LogP contribution in [0.4, 0.5) is 0 Å². The normalized spacial score (nSPS) is 19.4. The first-order valence-electron chi connectivity index (χ1n) is 8.24. The van der Waals surface area contributed by atoms with Gasteiger partial charge in [-0.2, -0.15) is 4.31 Å². The molecule has 7 heteroatoms. The third-order valence-electron chi connectivity index (χ3n) is 4.17. The fraction of sp³-hybridized carbons (Fsp3) is 0.588. The van der Waals surface area contributed by atoms with Crippen LogP contribution in [0.1, 0.15) is 30.4 Å². The van der Waals surface area contributed by atoms with Gasteiger partial charge in [-0.15, -0.1) is 0 Å². The molecular formula is C17H27N3O3S. The smallest absolute Gasteiger partial charge is 0.238 e. The molecule has 0 saturated carbocycles. The minimum absolute atomic E-state index is 0.211. The third kappa shape index (κ3) is 5.29. The maximum absolute atomic E-state index is 12.4. The number of sulfonamides is 1. The van der Waals surface area contributed by atoms with Crippen LogP contribution in [0.25, 0.3) is 0 Å². The highest BCUT2D eigenvalue weighted by Crippen LogP contribution is 2.20. The second-order valence-corrected chi connectivity index (χ2v) is 8.59. The predicted molar refractivity (Wildman–Crippen MR) is 94.9 cm³/mol. The summed E-state index contributed by atoms with van der Waals surface area (Å²) in [5.41, 5.74) is 2.22. The molecule has 1 saturated heterocycles. The molecular weight excluding hydrogens is 326 g/mol. The van der Waals surface area contributed by atoms with Crippen LogP contribution in [-0.4, -0.2) is 56.5 Å². The molecule has 1 amide bonds. The molecule has 1 atom stereocenters. The first-order chi connectivity index (χ1) is 11.3. The van der Waals surface area contributed by atoms with E-state index < -0.39 is 16.1 Å². The summed E-state index contributed by atoms with van der Waals surface area (Å²) in [5.74, 6) is -0.211. The highest BCUT2D eigenvalue weighted by molar-refractivity contribution is 7.88. The molecule has 2 rings (SSSR count). The molecule has 1 fully saturated rings. The van der Waals surface area contributed by atoms with Crippen molar-refractivity contribution in [3.8, 4) is 0 Å². The third-order valence-corrected chi connectivity index (χ3v) is 5.46. The minimum Gasteiger partial charge on any atom is -0.351 e. The minimum atomic E-state index is -3.35. The summed E-state index contributed by atoms with van der Waals surface area (Å²) in [5, 5.41) is 2.88. The first-order valence-corrected chi connectivity index (χ1v) is 10.1. The van der Waals surface area contributed by atoms with Crippen LogP contribution in [-0.2, 0) is 27.9 Å². The standard InChI is InChI=1S/C17H27N3O3S/c1-19(2)13-15-9-7-14(8-10-15)12-18-17(21)16-6-4-5-11-20(16)24(3,22)23/h7-10,16H,4-6,11-13H2,1-3H3,(H,18,21). The lowest BCUT2D eigenvalue weighted by atomic mass is 10.0. The molecule has 1 aromatic rings. The number of hydrogen-bond acceptors (Lipinski definition) is 4. The van der Waals surface area contributed by atoms with E-state index in [9.17, 15) is 13.2 Å². The lowest BCUT2D eigenvalue weighted by Gasteiger charge is -2.32. The molecule has 1 heterocycles. The molecule has 0 aromatic heterocycles. The van der Waals surface area contributed by atoms with Crippen molar-refractivity contribution in [2.45, 2.75) is 38.4 Å². The summed E-state index contributed by atoms with van der Waals surface area (Å²) < 4.78 is 25.0. The van der Waals surface area contributed by atoms with Crippen molar-refractivity contribution in [2.24, 2.45) is 0 Å². The molecule has 134 valence electrons. The van der Waals surface area contributed by atoms with Crippen LogP contribution in [0.2, 0.25) is 0 Å². The summed E-state index contributed by atoms with van der Waals surface area (Å²) in [6.45, 7) is 1.71. The number of amides is 1. The number of piperidine rings is 1. The van der Waals surface area contributed by atoms with Crippen LogP contribution >= 0.6 is 0 Å². The van der Waals surface area contributed by atoms with Crippen LogP contribution in [0.15, 0.2) is 24.3 Å². The van der Waals surface area contributed by atoms with E-state index in [0.29, 0.717) is 19.5 Å². The number of hydrogen-bond donors (Lipinski definition) is 1. The Hall–Kier alpha value is -1.44. The Kier molecular flexibility index (Phi) is 6.37. The molecule has 1 N–H and O–H groups in total. The van der Waals surface area contributed by atoms with Gasteiger partial charge >= 0.3 is 0 Å². The van der Waals surface area contributed by atoms with E-state index in [1.165, 1.54) is 16.1 Å². The number of carbonyl (C=O) groups excluding carboxylic acids is 1. The Bertz CT molecular complexity index is 656. The van der Waals surface area contributed by atoms with Crippen LogP contribution < -0.4 is 5.32 Å². The van der Waals surface area contributed by atoms with Gasteiger partial charge in [-0.3, -0.25) is 4.79 Å². The maximum atomic E-state index is 12.4. The van der Waals surface area contributed by atoms with Gasteiger partial charge in [0.1, 0.15) is 6.04 Å². The zero-order valence-electron chi connectivity index (χ0n) is 14.7. The van der Waals surface area contributed by atoms with Crippen LogP contribution in [0, 0.1) is 0 Å². The van der Waals surface area contributed by atoms with E-state index in [0.717, 1.165) is 24.9 Å². The van der Waals surface area contributed by atoms with Gasteiger partial charge in [-0.05, 0) is 38.1 Å². The Labute approximate surface area is 144 Å². The molecule has 6 nitrogen and oxygen atoms in total. The summed E-state index contributed by atoms with van der Waals surface area (Å²) in [6, 6.07) is 7.50. The summed E-state index contributed by atoms with van der Waals surface area (Å²) in [4.78, 5) is 14.5. The topological polar surface area (TPSA) is 69.7 Å². The molecule has 1 aliphatic heterocycles. The molecule has 0 aliphatic carbocycles. The fourth-order valence-corrected chi connectivity index (χ4v) is 4.12. The number of nitrogens with zero attached hydrogens (tertiary/aromatic N) is 2. The van der Waals surface area contributed by atoms with E-state index in [4.69, 9.17) is 0 Å². The van der Waals surface area contributed by atoms with Gasteiger partial charge in [0.2, 0.25) is 15.9 Å².